The maximum Gasteiger partial charge on any atom is 0.173 e. The highest BCUT2D eigenvalue weighted by Gasteiger charge is 2.23. The summed E-state index contributed by atoms with van der Waals surface area (Å²) < 4.78 is 6.65. The SMILES string of the molecule is O=C(COc1ccc2ccccc2c1Br)C1CCCC1. The molecule has 1 fully saturated rings. The molecule has 2 nitrogen and oxygen atoms in total. The lowest BCUT2D eigenvalue weighted by Gasteiger charge is -2.12. The second-order valence-corrected chi connectivity index (χ2v) is 6.13. The van der Waals surface area contributed by atoms with E-state index < -0.39 is 0 Å². The maximum absolute atomic E-state index is 12.1. The summed E-state index contributed by atoms with van der Waals surface area (Å²) in [6.07, 6.45) is 4.41. The number of benzene rings is 2. The first-order valence-electron chi connectivity index (χ1n) is 7.08. The Labute approximate surface area is 127 Å². The molecule has 0 atom stereocenters. The molecule has 0 heterocycles. The summed E-state index contributed by atoms with van der Waals surface area (Å²) in [6.45, 7) is 0.182. The van der Waals surface area contributed by atoms with Crippen molar-refractivity contribution in [3.8, 4) is 5.75 Å². The minimum Gasteiger partial charge on any atom is -0.485 e. The van der Waals surface area contributed by atoms with E-state index in [4.69, 9.17) is 4.74 Å². The van der Waals surface area contributed by atoms with Crippen molar-refractivity contribution in [2.45, 2.75) is 25.7 Å². The van der Waals surface area contributed by atoms with Gasteiger partial charge in [-0.05, 0) is 45.6 Å². The Morgan fingerprint density at radius 3 is 2.70 bits per heavy atom. The van der Waals surface area contributed by atoms with Crippen LogP contribution < -0.4 is 4.74 Å². The van der Waals surface area contributed by atoms with E-state index in [1.807, 2.05) is 30.3 Å². The summed E-state index contributed by atoms with van der Waals surface area (Å²) in [6, 6.07) is 12.1. The van der Waals surface area contributed by atoms with E-state index in [0.29, 0.717) is 0 Å². The third kappa shape index (κ3) is 2.73. The molecule has 2 aromatic carbocycles. The number of hydrogen-bond acceptors (Lipinski definition) is 2. The van der Waals surface area contributed by atoms with Crippen LogP contribution in [0, 0.1) is 5.92 Å². The van der Waals surface area contributed by atoms with Crippen LogP contribution in [0.1, 0.15) is 25.7 Å². The van der Waals surface area contributed by atoms with Crippen LogP contribution in [0.3, 0.4) is 0 Å². The smallest absolute Gasteiger partial charge is 0.173 e. The highest BCUT2D eigenvalue weighted by atomic mass is 79.9. The molecular formula is C17H17BrO2. The molecule has 0 unspecified atom stereocenters. The van der Waals surface area contributed by atoms with Crippen LogP contribution >= 0.6 is 15.9 Å². The Kier molecular flexibility index (Phi) is 4.06. The number of hydrogen-bond donors (Lipinski definition) is 0. The first kappa shape index (κ1) is 13.6. The molecule has 0 spiro atoms. The zero-order chi connectivity index (χ0) is 13.9. The molecule has 0 aliphatic heterocycles. The number of ether oxygens (including phenoxy) is 1. The summed E-state index contributed by atoms with van der Waals surface area (Å²) in [4.78, 5) is 12.1. The summed E-state index contributed by atoms with van der Waals surface area (Å²) in [5.74, 6) is 1.20. The fraction of sp³-hybridized carbons (Fsp3) is 0.353. The van der Waals surface area contributed by atoms with Gasteiger partial charge in [0.1, 0.15) is 12.4 Å². The van der Waals surface area contributed by atoms with Gasteiger partial charge in [0.25, 0.3) is 0 Å². The van der Waals surface area contributed by atoms with Gasteiger partial charge in [0, 0.05) is 5.92 Å². The molecule has 0 radical (unpaired) electrons. The van der Waals surface area contributed by atoms with Crippen molar-refractivity contribution in [2.75, 3.05) is 6.61 Å². The summed E-state index contributed by atoms with van der Waals surface area (Å²) >= 11 is 3.58. The Bertz CT molecular complexity index is 630. The zero-order valence-corrected chi connectivity index (χ0v) is 12.9. The van der Waals surface area contributed by atoms with Crippen molar-refractivity contribution in [2.24, 2.45) is 5.92 Å². The van der Waals surface area contributed by atoms with Crippen molar-refractivity contribution in [3.63, 3.8) is 0 Å². The average molecular weight is 333 g/mol. The molecule has 1 aliphatic carbocycles. The zero-order valence-electron chi connectivity index (χ0n) is 11.3. The van der Waals surface area contributed by atoms with Crippen LogP contribution in [-0.4, -0.2) is 12.4 Å². The Morgan fingerprint density at radius 2 is 1.90 bits per heavy atom. The van der Waals surface area contributed by atoms with Crippen molar-refractivity contribution < 1.29 is 9.53 Å². The second-order valence-electron chi connectivity index (χ2n) is 5.34. The standard InChI is InChI=1S/C17H17BrO2/c18-17-14-8-4-3-5-12(14)9-10-16(17)20-11-15(19)13-6-1-2-7-13/h3-5,8-10,13H,1-2,6-7,11H2. The molecule has 2 aromatic rings. The van der Waals surface area contributed by atoms with Crippen LogP contribution in [-0.2, 0) is 4.79 Å². The van der Waals surface area contributed by atoms with Gasteiger partial charge in [-0.25, -0.2) is 0 Å². The number of halogens is 1. The molecular weight excluding hydrogens is 316 g/mol. The van der Waals surface area contributed by atoms with Gasteiger partial charge in [-0.1, -0.05) is 43.2 Å². The van der Waals surface area contributed by atoms with Crippen molar-refractivity contribution in [1.82, 2.24) is 0 Å². The Hall–Kier alpha value is -1.35. The number of ketones is 1. The summed E-state index contributed by atoms with van der Waals surface area (Å²) in [5, 5.41) is 2.27. The molecule has 0 bridgehead atoms. The minimum atomic E-state index is 0.182. The Morgan fingerprint density at radius 1 is 1.15 bits per heavy atom. The lowest BCUT2D eigenvalue weighted by atomic mass is 10.0. The van der Waals surface area contributed by atoms with Gasteiger partial charge in [-0.3, -0.25) is 4.79 Å². The molecule has 0 amide bonds. The van der Waals surface area contributed by atoms with E-state index in [2.05, 4.69) is 22.0 Å². The second kappa shape index (κ2) is 5.96. The molecule has 0 saturated heterocycles. The first-order valence-corrected chi connectivity index (χ1v) is 7.88. The van der Waals surface area contributed by atoms with Crippen molar-refractivity contribution in [1.29, 1.82) is 0 Å². The first-order chi connectivity index (χ1) is 9.75. The third-order valence-corrected chi connectivity index (χ3v) is 4.83. The van der Waals surface area contributed by atoms with E-state index in [9.17, 15) is 4.79 Å². The minimum absolute atomic E-state index is 0.182. The number of fused-ring (bicyclic) bond motifs is 1. The molecule has 104 valence electrons. The van der Waals surface area contributed by atoms with Crippen molar-refractivity contribution in [3.05, 3.63) is 40.9 Å². The number of Topliss-reactive ketones (excluding diaryl/α,β-unsaturated/α-hetero) is 1. The predicted molar refractivity (Wildman–Crippen MR) is 84.1 cm³/mol. The predicted octanol–water partition coefficient (Wildman–Crippen LogP) is 4.74. The van der Waals surface area contributed by atoms with Crippen LogP contribution in [0.5, 0.6) is 5.75 Å². The molecule has 0 aromatic heterocycles. The normalized spacial score (nSPS) is 15.7. The largest absolute Gasteiger partial charge is 0.485 e. The molecule has 1 aliphatic rings. The fourth-order valence-electron chi connectivity index (χ4n) is 2.84. The number of carbonyl (C=O) groups is 1. The average Bonchev–Trinajstić information content (AvgIpc) is 3.01. The lowest BCUT2D eigenvalue weighted by molar-refractivity contribution is -0.124. The molecule has 3 heteroatoms. The van der Waals surface area contributed by atoms with Gasteiger partial charge in [0.05, 0.1) is 4.47 Å². The fourth-order valence-corrected chi connectivity index (χ4v) is 3.45. The van der Waals surface area contributed by atoms with Crippen LogP contribution in [0.25, 0.3) is 10.8 Å². The quantitative estimate of drug-likeness (QED) is 0.808. The maximum atomic E-state index is 12.1. The number of rotatable bonds is 4. The van der Waals surface area contributed by atoms with E-state index >= 15 is 0 Å². The van der Waals surface area contributed by atoms with E-state index in [0.717, 1.165) is 33.8 Å². The third-order valence-electron chi connectivity index (χ3n) is 4.01. The van der Waals surface area contributed by atoms with Crippen molar-refractivity contribution >= 4 is 32.5 Å². The van der Waals surface area contributed by atoms with Gasteiger partial charge in [0.15, 0.2) is 5.78 Å². The summed E-state index contributed by atoms with van der Waals surface area (Å²) in [7, 11) is 0. The monoisotopic (exact) mass is 332 g/mol. The lowest BCUT2D eigenvalue weighted by Crippen LogP contribution is -2.19. The van der Waals surface area contributed by atoms with Crippen LogP contribution in [0.2, 0.25) is 0 Å². The van der Waals surface area contributed by atoms with Gasteiger partial charge >= 0.3 is 0 Å². The highest BCUT2D eigenvalue weighted by Crippen LogP contribution is 2.33. The summed E-state index contributed by atoms with van der Waals surface area (Å²) in [5.41, 5.74) is 0. The van der Waals surface area contributed by atoms with E-state index in [-0.39, 0.29) is 18.3 Å². The van der Waals surface area contributed by atoms with Crippen LogP contribution in [0.15, 0.2) is 40.9 Å². The topological polar surface area (TPSA) is 26.3 Å². The van der Waals surface area contributed by atoms with Crippen LogP contribution in [0.4, 0.5) is 0 Å². The molecule has 1 saturated carbocycles. The molecule has 0 N–H and O–H groups in total. The molecule has 20 heavy (non-hydrogen) atoms. The van der Waals surface area contributed by atoms with Gasteiger partial charge in [0.2, 0.25) is 0 Å². The number of carbonyl (C=O) groups excluding carboxylic acids is 1. The van der Waals surface area contributed by atoms with E-state index in [1.54, 1.807) is 0 Å². The van der Waals surface area contributed by atoms with Gasteiger partial charge in [-0.2, -0.15) is 0 Å². The Balaban J connectivity index is 1.74. The van der Waals surface area contributed by atoms with Gasteiger partial charge < -0.3 is 4.74 Å². The van der Waals surface area contributed by atoms with E-state index in [1.165, 1.54) is 12.8 Å². The molecule has 3 rings (SSSR count). The highest BCUT2D eigenvalue weighted by molar-refractivity contribution is 9.10. The van der Waals surface area contributed by atoms with Gasteiger partial charge in [-0.15, -0.1) is 0 Å².